The molecule has 2 atom stereocenters. The van der Waals surface area contributed by atoms with Crippen LogP contribution in [-0.4, -0.2) is 29.5 Å². The fourth-order valence-corrected chi connectivity index (χ4v) is 3.44. The van der Waals surface area contributed by atoms with Gasteiger partial charge < -0.3 is 5.73 Å². The minimum absolute atomic E-state index is 0.506. The van der Waals surface area contributed by atoms with Crippen LogP contribution in [0.15, 0.2) is 24.3 Å². The largest absolute Gasteiger partial charge is 0.399 e. The quantitative estimate of drug-likeness (QED) is 0.847. The molecule has 1 aromatic rings. The summed E-state index contributed by atoms with van der Waals surface area (Å²) in [5.41, 5.74) is 7.98. The van der Waals surface area contributed by atoms with Crippen LogP contribution in [0, 0.1) is 0 Å². The van der Waals surface area contributed by atoms with Gasteiger partial charge in [-0.1, -0.05) is 12.1 Å². The average Bonchev–Trinajstić information content (AvgIpc) is 2.64. The minimum Gasteiger partial charge on any atom is -0.399 e. The first kappa shape index (κ1) is 13.8. The van der Waals surface area contributed by atoms with Gasteiger partial charge in [-0.05, 0) is 63.2 Å². The van der Waals surface area contributed by atoms with E-state index in [9.17, 15) is 0 Å². The molecule has 2 rings (SSSR count). The first-order valence-corrected chi connectivity index (χ1v) is 8.12. The molecule has 0 aromatic heterocycles. The van der Waals surface area contributed by atoms with Gasteiger partial charge in [0.05, 0.1) is 0 Å². The molecule has 100 valence electrons. The predicted molar refractivity (Wildman–Crippen MR) is 82.0 cm³/mol. The summed E-state index contributed by atoms with van der Waals surface area (Å²) in [6.07, 6.45) is 6.25. The Balaban J connectivity index is 2.00. The van der Waals surface area contributed by atoms with Crippen molar-refractivity contribution in [3.63, 3.8) is 0 Å². The molecule has 1 saturated heterocycles. The zero-order chi connectivity index (χ0) is 13.0. The Morgan fingerprint density at radius 2 is 1.94 bits per heavy atom. The van der Waals surface area contributed by atoms with Gasteiger partial charge >= 0.3 is 0 Å². The highest BCUT2D eigenvalue weighted by Crippen LogP contribution is 2.27. The fraction of sp³-hybridized carbons (Fsp3) is 0.600. The molecular formula is C15H24N2S. The summed E-state index contributed by atoms with van der Waals surface area (Å²) in [5.74, 6) is 0. The predicted octanol–water partition coefficient (Wildman–Crippen LogP) is 3.55. The summed E-state index contributed by atoms with van der Waals surface area (Å²) in [6.45, 7) is 4.75. The smallest absolute Gasteiger partial charge is 0.0319 e. The van der Waals surface area contributed by atoms with Crippen molar-refractivity contribution in [2.24, 2.45) is 0 Å². The van der Waals surface area contributed by atoms with Crippen molar-refractivity contribution in [3.8, 4) is 0 Å². The average molecular weight is 264 g/mol. The van der Waals surface area contributed by atoms with Crippen molar-refractivity contribution in [1.82, 2.24) is 4.90 Å². The van der Waals surface area contributed by atoms with Gasteiger partial charge in [0.2, 0.25) is 0 Å². The third-order valence-electron chi connectivity index (χ3n) is 4.01. The first-order chi connectivity index (χ1) is 8.70. The van der Waals surface area contributed by atoms with Crippen LogP contribution in [-0.2, 0) is 0 Å². The summed E-state index contributed by atoms with van der Waals surface area (Å²) in [4.78, 5) is 2.61. The van der Waals surface area contributed by atoms with E-state index in [1.165, 1.54) is 37.9 Å². The number of thioether (sulfide) groups is 1. The molecule has 3 heteroatoms. The zero-order valence-electron chi connectivity index (χ0n) is 11.4. The van der Waals surface area contributed by atoms with E-state index in [2.05, 4.69) is 30.2 Å². The van der Waals surface area contributed by atoms with Crippen LogP contribution in [0.2, 0.25) is 0 Å². The molecule has 0 bridgehead atoms. The lowest BCUT2D eigenvalue weighted by Crippen LogP contribution is -2.28. The molecule has 0 spiro atoms. The van der Waals surface area contributed by atoms with E-state index in [4.69, 9.17) is 5.73 Å². The van der Waals surface area contributed by atoms with Gasteiger partial charge in [-0.25, -0.2) is 0 Å². The molecule has 0 aliphatic carbocycles. The topological polar surface area (TPSA) is 29.3 Å². The minimum atomic E-state index is 0.506. The molecule has 18 heavy (non-hydrogen) atoms. The Hall–Kier alpha value is -0.670. The second-order valence-corrected chi connectivity index (χ2v) is 6.31. The van der Waals surface area contributed by atoms with Crippen LogP contribution < -0.4 is 5.73 Å². The maximum absolute atomic E-state index is 5.75. The molecular weight excluding hydrogens is 240 g/mol. The number of hydrogen-bond acceptors (Lipinski definition) is 3. The third-order valence-corrected chi connectivity index (χ3v) is 5.15. The van der Waals surface area contributed by atoms with Gasteiger partial charge in [0.25, 0.3) is 0 Å². The highest BCUT2D eigenvalue weighted by Gasteiger charge is 2.20. The fourth-order valence-electron chi connectivity index (χ4n) is 2.70. The van der Waals surface area contributed by atoms with Crippen LogP contribution in [0.1, 0.15) is 37.8 Å². The van der Waals surface area contributed by atoms with E-state index in [0.717, 1.165) is 10.9 Å². The van der Waals surface area contributed by atoms with E-state index in [0.29, 0.717) is 6.04 Å². The molecule has 1 aliphatic heterocycles. The zero-order valence-corrected chi connectivity index (χ0v) is 12.2. The van der Waals surface area contributed by atoms with Crippen LogP contribution >= 0.6 is 11.8 Å². The molecule has 2 nitrogen and oxygen atoms in total. The lowest BCUT2D eigenvalue weighted by molar-refractivity contribution is 0.219. The van der Waals surface area contributed by atoms with E-state index < -0.39 is 0 Å². The second-order valence-electron chi connectivity index (χ2n) is 5.17. The van der Waals surface area contributed by atoms with Crippen LogP contribution in [0.5, 0.6) is 0 Å². The van der Waals surface area contributed by atoms with Crippen molar-refractivity contribution in [2.75, 3.05) is 25.1 Å². The van der Waals surface area contributed by atoms with E-state index >= 15 is 0 Å². The second kappa shape index (κ2) is 6.48. The van der Waals surface area contributed by atoms with Crippen molar-refractivity contribution in [2.45, 2.75) is 37.5 Å². The van der Waals surface area contributed by atoms with Gasteiger partial charge in [-0.15, -0.1) is 0 Å². The normalized spacial score (nSPS) is 23.6. The monoisotopic (exact) mass is 264 g/mol. The molecule has 1 heterocycles. The summed E-state index contributed by atoms with van der Waals surface area (Å²) in [5, 5.41) is 0.855. The van der Waals surface area contributed by atoms with Gasteiger partial charge in [-0.3, -0.25) is 4.90 Å². The Labute approximate surface area is 115 Å². The number of likely N-dealkylation sites (tertiary alicyclic amines) is 1. The van der Waals surface area contributed by atoms with Crippen molar-refractivity contribution >= 4 is 17.4 Å². The molecule has 1 fully saturated rings. The summed E-state index contributed by atoms with van der Waals surface area (Å²) in [7, 11) is 0. The van der Waals surface area contributed by atoms with Crippen molar-refractivity contribution < 1.29 is 0 Å². The molecule has 0 radical (unpaired) electrons. The Kier molecular flexibility index (Phi) is 4.95. The van der Waals surface area contributed by atoms with Crippen LogP contribution in [0.4, 0.5) is 5.69 Å². The molecule has 2 N–H and O–H groups in total. The number of nitrogens with zero attached hydrogens (tertiary/aromatic N) is 1. The van der Waals surface area contributed by atoms with E-state index in [1.54, 1.807) is 0 Å². The molecule has 0 amide bonds. The number of hydrogen-bond donors (Lipinski definition) is 1. The highest BCUT2D eigenvalue weighted by molar-refractivity contribution is 7.99. The van der Waals surface area contributed by atoms with Gasteiger partial charge in [0, 0.05) is 17.0 Å². The maximum Gasteiger partial charge on any atom is 0.0319 e. The summed E-state index contributed by atoms with van der Waals surface area (Å²) < 4.78 is 0. The van der Waals surface area contributed by atoms with Crippen molar-refractivity contribution in [3.05, 3.63) is 29.8 Å². The Morgan fingerprint density at radius 1 is 1.22 bits per heavy atom. The SMILES string of the molecule is CSC1CCCN(C(C)c2ccc(N)cc2)CC1. The van der Waals surface area contributed by atoms with Gasteiger partial charge in [-0.2, -0.15) is 11.8 Å². The highest BCUT2D eigenvalue weighted by atomic mass is 32.2. The number of benzene rings is 1. The maximum atomic E-state index is 5.75. The first-order valence-electron chi connectivity index (χ1n) is 6.83. The van der Waals surface area contributed by atoms with Crippen LogP contribution in [0.25, 0.3) is 0 Å². The molecule has 2 unspecified atom stereocenters. The van der Waals surface area contributed by atoms with Gasteiger partial charge in [0.15, 0.2) is 0 Å². The summed E-state index contributed by atoms with van der Waals surface area (Å²) in [6, 6.07) is 8.85. The molecule has 0 saturated carbocycles. The number of rotatable bonds is 3. The molecule has 1 aromatic carbocycles. The number of nitrogen functional groups attached to an aromatic ring is 1. The van der Waals surface area contributed by atoms with Crippen LogP contribution in [0.3, 0.4) is 0 Å². The molecule has 1 aliphatic rings. The standard InChI is InChI=1S/C15H24N2S/c1-12(13-5-7-14(16)8-6-13)17-10-3-4-15(18-2)9-11-17/h5-8,12,15H,3-4,9-11,16H2,1-2H3. The van der Waals surface area contributed by atoms with Gasteiger partial charge in [0.1, 0.15) is 0 Å². The Morgan fingerprint density at radius 3 is 2.61 bits per heavy atom. The third kappa shape index (κ3) is 3.42. The van der Waals surface area contributed by atoms with E-state index in [-0.39, 0.29) is 0 Å². The number of anilines is 1. The number of nitrogens with two attached hydrogens (primary N) is 1. The lowest BCUT2D eigenvalue weighted by atomic mass is 10.1. The van der Waals surface area contributed by atoms with Crippen molar-refractivity contribution in [1.29, 1.82) is 0 Å². The van der Waals surface area contributed by atoms with E-state index in [1.807, 2.05) is 23.9 Å². The lowest BCUT2D eigenvalue weighted by Gasteiger charge is -2.28. The summed E-state index contributed by atoms with van der Waals surface area (Å²) >= 11 is 2.03. The Bertz CT molecular complexity index is 363.